The van der Waals surface area contributed by atoms with Crippen molar-refractivity contribution in [1.82, 2.24) is 5.32 Å². The van der Waals surface area contributed by atoms with Crippen molar-refractivity contribution in [1.29, 1.82) is 0 Å². The summed E-state index contributed by atoms with van der Waals surface area (Å²) in [5, 5.41) is 2.90. The van der Waals surface area contributed by atoms with Crippen molar-refractivity contribution >= 4 is 21.6 Å². The lowest BCUT2D eigenvalue weighted by atomic mass is 10.1. The van der Waals surface area contributed by atoms with Crippen LogP contribution in [-0.2, 0) is 23.1 Å². The van der Waals surface area contributed by atoms with Crippen LogP contribution in [0.3, 0.4) is 0 Å². The summed E-state index contributed by atoms with van der Waals surface area (Å²) >= 11 is 0. The molecular weight excluding hydrogens is 432 g/mol. The maximum absolute atomic E-state index is 13.4. The second kappa shape index (κ2) is 10.1. The van der Waals surface area contributed by atoms with Crippen LogP contribution >= 0.6 is 0 Å². The first-order chi connectivity index (χ1) is 16.0. The lowest BCUT2D eigenvalue weighted by molar-refractivity contribution is 0.0951. The number of sulfonamides is 1. The highest BCUT2D eigenvalue weighted by Gasteiger charge is 2.25. The van der Waals surface area contributed by atoms with Gasteiger partial charge in [-0.05, 0) is 47.5 Å². The third-order valence-electron chi connectivity index (χ3n) is 5.21. The van der Waals surface area contributed by atoms with Gasteiger partial charge >= 0.3 is 0 Å². The van der Waals surface area contributed by atoms with Gasteiger partial charge in [0.2, 0.25) is 0 Å². The van der Waals surface area contributed by atoms with E-state index in [1.807, 2.05) is 48.5 Å². The van der Waals surface area contributed by atoms with E-state index in [2.05, 4.69) is 5.32 Å². The molecule has 1 amide bonds. The smallest absolute Gasteiger partial charge is 0.264 e. The molecule has 0 aliphatic carbocycles. The summed E-state index contributed by atoms with van der Waals surface area (Å²) in [6.45, 7) is 0.589. The third kappa shape index (κ3) is 5.48. The zero-order valence-corrected chi connectivity index (χ0v) is 18.8. The predicted octanol–water partition coefficient (Wildman–Crippen LogP) is 5.01. The van der Waals surface area contributed by atoms with Gasteiger partial charge in [-0.1, -0.05) is 78.9 Å². The minimum absolute atomic E-state index is 0.146. The standard InChI is InChI=1S/C27H24N2O3S/c30-27(28-20-22-10-4-1-5-11-22)24-18-16-23(17-19-24)21-29(25-12-6-2-7-13-25)33(31,32)26-14-8-3-9-15-26/h1-19H,20-21H2,(H,28,30). The molecule has 0 heterocycles. The molecule has 4 aromatic carbocycles. The SMILES string of the molecule is O=C(NCc1ccccc1)c1ccc(CN(c2ccccc2)S(=O)(=O)c2ccccc2)cc1. The first kappa shape index (κ1) is 22.3. The average Bonchev–Trinajstić information content (AvgIpc) is 2.88. The van der Waals surface area contributed by atoms with E-state index in [9.17, 15) is 13.2 Å². The summed E-state index contributed by atoms with van der Waals surface area (Å²) in [5.74, 6) is -0.178. The normalized spacial score (nSPS) is 11.0. The number of nitrogens with one attached hydrogen (secondary N) is 1. The molecule has 0 radical (unpaired) electrons. The monoisotopic (exact) mass is 456 g/mol. The Morgan fingerprint density at radius 3 is 1.82 bits per heavy atom. The summed E-state index contributed by atoms with van der Waals surface area (Å²) in [6, 6.07) is 34.1. The van der Waals surface area contributed by atoms with Crippen LogP contribution in [0.5, 0.6) is 0 Å². The number of carbonyl (C=O) groups is 1. The lowest BCUT2D eigenvalue weighted by Crippen LogP contribution is -2.30. The number of anilines is 1. The van der Waals surface area contributed by atoms with Gasteiger partial charge in [-0.2, -0.15) is 0 Å². The largest absolute Gasteiger partial charge is 0.348 e. The highest BCUT2D eigenvalue weighted by Crippen LogP contribution is 2.25. The number of para-hydroxylation sites is 1. The van der Waals surface area contributed by atoms with E-state index in [1.54, 1.807) is 66.7 Å². The van der Waals surface area contributed by atoms with Crippen LogP contribution in [0.4, 0.5) is 5.69 Å². The Morgan fingerprint density at radius 2 is 1.21 bits per heavy atom. The molecule has 166 valence electrons. The Kier molecular flexibility index (Phi) is 6.86. The Labute approximate surface area is 194 Å². The quantitative estimate of drug-likeness (QED) is 0.405. The van der Waals surface area contributed by atoms with Crippen molar-refractivity contribution in [3.63, 3.8) is 0 Å². The predicted molar refractivity (Wildman–Crippen MR) is 130 cm³/mol. The Hall–Kier alpha value is -3.90. The Bertz CT molecular complexity index is 1290. The number of nitrogens with zero attached hydrogens (tertiary/aromatic N) is 1. The summed E-state index contributed by atoms with van der Waals surface area (Å²) in [6.07, 6.45) is 0. The highest BCUT2D eigenvalue weighted by molar-refractivity contribution is 7.92. The van der Waals surface area contributed by atoms with Crippen LogP contribution in [0.15, 0.2) is 120 Å². The van der Waals surface area contributed by atoms with Crippen molar-refractivity contribution in [3.05, 3.63) is 132 Å². The fourth-order valence-electron chi connectivity index (χ4n) is 3.44. The maximum Gasteiger partial charge on any atom is 0.264 e. The molecule has 33 heavy (non-hydrogen) atoms. The van der Waals surface area contributed by atoms with Crippen molar-refractivity contribution in [2.24, 2.45) is 0 Å². The van der Waals surface area contributed by atoms with E-state index in [-0.39, 0.29) is 17.3 Å². The molecule has 1 N–H and O–H groups in total. The second-order valence-corrected chi connectivity index (χ2v) is 9.39. The summed E-state index contributed by atoms with van der Waals surface area (Å²) in [7, 11) is -3.76. The van der Waals surface area contributed by atoms with Crippen LogP contribution in [-0.4, -0.2) is 14.3 Å². The molecule has 0 bridgehead atoms. The van der Waals surface area contributed by atoms with E-state index in [0.717, 1.165) is 11.1 Å². The first-order valence-electron chi connectivity index (χ1n) is 10.6. The van der Waals surface area contributed by atoms with Gasteiger partial charge in [0.05, 0.1) is 17.1 Å². The molecule has 0 saturated carbocycles. The number of amides is 1. The maximum atomic E-state index is 13.4. The first-order valence-corrected chi connectivity index (χ1v) is 12.0. The summed E-state index contributed by atoms with van der Waals surface area (Å²) in [4.78, 5) is 12.7. The number of hydrogen-bond acceptors (Lipinski definition) is 3. The molecule has 0 aliphatic heterocycles. The molecule has 5 nitrogen and oxygen atoms in total. The van der Waals surface area contributed by atoms with Gasteiger partial charge in [-0.15, -0.1) is 0 Å². The topological polar surface area (TPSA) is 66.5 Å². The lowest BCUT2D eigenvalue weighted by Gasteiger charge is -2.25. The van der Waals surface area contributed by atoms with E-state index in [4.69, 9.17) is 0 Å². The van der Waals surface area contributed by atoms with E-state index >= 15 is 0 Å². The van der Waals surface area contributed by atoms with Crippen LogP contribution in [0.2, 0.25) is 0 Å². The van der Waals surface area contributed by atoms with Gasteiger partial charge < -0.3 is 5.32 Å². The van der Waals surface area contributed by atoms with Gasteiger partial charge in [-0.25, -0.2) is 8.42 Å². The van der Waals surface area contributed by atoms with Gasteiger partial charge in [0.25, 0.3) is 15.9 Å². The van der Waals surface area contributed by atoms with Crippen LogP contribution in [0.1, 0.15) is 21.5 Å². The van der Waals surface area contributed by atoms with Crippen molar-refractivity contribution in [3.8, 4) is 0 Å². The molecule has 4 rings (SSSR count). The molecular formula is C27H24N2O3S. The number of hydrogen-bond donors (Lipinski definition) is 1. The van der Waals surface area contributed by atoms with E-state index in [1.165, 1.54) is 4.31 Å². The molecule has 0 aliphatic rings. The number of benzene rings is 4. The Balaban J connectivity index is 1.53. The molecule has 0 atom stereocenters. The van der Waals surface area contributed by atoms with Gasteiger partial charge in [0, 0.05) is 12.1 Å². The van der Waals surface area contributed by atoms with Crippen molar-refractivity contribution < 1.29 is 13.2 Å². The zero-order chi connectivity index (χ0) is 23.1. The van der Waals surface area contributed by atoms with Gasteiger partial charge in [-0.3, -0.25) is 9.10 Å². The second-order valence-electron chi connectivity index (χ2n) is 7.53. The molecule has 0 fully saturated rings. The fraction of sp³-hybridized carbons (Fsp3) is 0.0741. The minimum atomic E-state index is -3.76. The molecule has 4 aromatic rings. The molecule has 0 unspecified atom stereocenters. The third-order valence-corrected chi connectivity index (χ3v) is 7.00. The minimum Gasteiger partial charge on any atom is -0.348 e. The van der Waals surface area contributed by atoms with E-state index < -0.39 is 10.0 Å². The molecule has 0 aromatic heterocycles. The van der Waals surface area contributed by atoms with E-state index in [0.29, 0.717) is 17.8 Å². The number of rotatable bonds is 8. The summed E-state index contributed by atoms with van der Waals surface area (Å²) in [5.41, 5.74) is 2.89. The molecule has 0 spiro atoms. The van der Waals surface area contributed by atoms with Crippen LogP contribution in [0, 0.1) is 0 Å². The molecule has 6 heteroatoms. The van der Waals surface area contributed by atoms with Crippen LogP contribution in [0.25, 0.3) is 0 Å². The molecule has 0 saturated heterocycles. The highest BCUT2D eigenvalue weighted by atomic mass is 32.2. The van der Waals surface area contributed by atoms with Gasteiger partial charge in [0.15, 0.2) is 0 Å². The van der Waals surface area contributed by atoms with Crippen molar-refractivity contribution in [2.45, 2.75) is 18.0 Å². The summed E-state index contributed by atoms with van der Waals surface area (Å²) < 4.78 is 28.2. The van der Waals surface area contributed by atoms with Gasteiger partial charge in [0.1, 0.15) is 0 Å². The van der Waals surface area contributed by atoms with Crippen LogP contribution < -0.4 is 9.62 Å². The van der Waals surface area contributed by atoms with Crippen molar-refractivity contribution in [2.75, 3.05) is 4.31 Å². The Morgan fingerprint density at radius 1 is 0.667 bits per heavy atom. The average molecular weight is 457 g/mol. The number of carbonyl (C=O) groups excluding carboxylic acids is 1. The fourth-order valence-corrected chi connectivity index (χ4v) is 4.91. The zero-order valence-electron chi connectivity index (χ0n) is 18.0.